The maximum absolute atomic E-state index is 6.11. The minimum atomic E-state index is 0.511. The lowest BCUT2D eigenvalue weighted by molar-refractivity contribution is 0.358. The van der Waals surface area contributed by atoms with Gasteiger partial charge < -0.3 is 10.1 Å². The zero-order valence-electron chi connectivity index (χ0n) is 12.1. The van der Waals surface area contributed by atoms with Crippen LogP contribution in [0.5, 0.6) is 5.75 Å². The fourth-order valence-electron chi connectivity index (χ4n) is 3.26. The molecule has 1 fully saturated rings. The van der Waals surface area contributed by atoms with E-state index in [2.05, 4.69) is 19.3 Å². The van der Waals surface area contributed by atoms with E-state index in [1.807, 2.05) is 18.2 Å². The Labute approximate surface area is 121 Å². The number of ether oxygens (including phenoxy) is 1. The second-order valence-corrected chi connectivity index (χ2v) is 6.17. The van der Waals surface area contributed by atoms with Gasteiger partial charge in [-0.2, -0.15) is 0 Å². The zero-order chi connectivity index (χ0) is 13.8. The topological polar surface area (TPSA) is 21.3 Å². The number of hydrogen-bond donors (Lipinski definition) is 1. The summed E-state index contributed by atoms with van der Waals surface area (Å²) in [6, 6.07) is 6.39. The number of halogens is 1. The van der Waals surface area contributed by atoms with Crippen molar-refractivity contribution in [2.24, 2.45) is 11.8 Å². The maximum Gasteiger partial charge on any atom is 0.122 e. The summed E-state index contributed by atoms with van der Waals surface area (Å²) in [6.45, 7) is 2.35. The van der Waals surface area contributed by atoms with Gasteiger partial charge in [-0.3, -0.25) is 0 Å². The van der Waals surface area contributed by atoms with Crippen LogP contribution in [0.25, 0.3) is 0 Å². The molecule has 2 rings (SSSR count). The Kier molecular flexibility index (Phi) is 5.12. The van der Waals surface area contributed by atoms with Gasteiger partial charge in [-0.25, -0.2) is 0 Å². The molecule has 0 spiro atoms. The molecule has 3 atom stereocenters. The molecule has 1 aromatic rings. The molecule has 106 valence electrons. The van der Waals surface area contributed by atoms with Gasteiger partial charge in [0.2, 0.25) is 0 Å². The number of rotatable bonds is 5. The van der Waals surface area contributed by atoms with Gasteiger partial charge in [0.25, 0.3) is 0 Å². The molecule has 1 N–H and O–H groups in total. The van der Waals surface area contributed by atoms with Gasteiger partial charge in [-0.15, -0.1) is 0 Å². The average Bonchev–Trinajstić information content (AvgIpc) is 2.82. The molecule has 1 aliphatic rings. The normalized spacial score (nSPS) is 24.4. The van der Waals surface area contributed by atoms with Crippen LogP contribution >= 0.6 is 11.6 Å². The van der Waals surface area contributed by atoms with Crippen LogP contribution in [-0.4, -0.2) is 20.2 Å². The first-order valence-electron chi connectivity index (χ1n) is 7.13. The molecule has 0 amide bonds. The third-order valence-corrected chi connectivity index (χ3v) is 4.59. The molecule has 1 saturated carbocycles. The predicted octanol–water partition coefficient (Wildman–Crippen LogP) is 3.92. The van der Waals surface area contributed by atoms with Crippen molar-refractivity contribution >= 4 is 11.6 Å². The van der Waals surface area contributed by atoms with Gasteiger partial charge in [0, 0.05) is 11.1 Å². The summed E-state index contributed by atoms with van der Waals surface area (Å²) in [5.74, 6) is 2.57. The van der Waals surface area contributed by atoms with Crippen LogP contribution in [0.3, 0.4) is 0 Å². The van der Waals surface area contributed by atoms with E-state index in [1.54, 1.807) is 7.11 Å². The summed E-state index contributed by atoms with van der Waals surface area (Å²) in [5, 5.41) is 4.27. The Bertz CT molecular complexity index is 421. The zero-order valence-corrected chi connectivity index (χ0v) is 12.8. The van der Waals surface area contributed by atoms with Crippen molar-refractivity contribution in [2.75, 3.05) is 14.2 Å². The van der Waals surface area contributed by atoms with Gasteiger partial charge in [0.15, 0.2) is 0 Å². The van der Waals surface area contributed by atoms with Crippen LogP contribution < -0.4 is 10.1 Å². The predicted molar refractivity (Wildman–Crippen MR) is 81.1 cm³/mol. The lowest BCUT2D eigenvalue weighted by atomic mass is 9.91. The van der Waals surface area contributed by atoms with E-state index in [1.165, 1.54) is 24.8 Å². The average molecular weight is 282 g/mol. The number of likely N-dealkylation sites (N-methyl/N-ethyl adjacent to an activating group) is 1. The molecule has 19 heavy (non-hydrogen) atoms. The smallest absolute Gasteiger partial charge is 0.122 e. The Hall–Kier alpha value is -0.730. The Morgan fingerprint density at radius 2 is 2.21 bits per heavy atom. The highest BCUT2D eigenvalue weighted by Crippen LogP contribution is 2.35. The minimum Gasteiger partial charge on any atom is -0.496 e. The molecule has 2 nitrogen and oxygen atoms in total. The van der Waals surface area contributed by atoms with Crippen LogP contribution in [0.1, 0.15) is 31.7 Å². The lowest BCUT2D eigenvalue weighted by Crippen LogP contribution is -2.34. The third-order valence-electron chi connectivity index (χ3n) is 4.36. The molecule has 0 aromatic heterocycles. The highest BCUT2D eigenvalue weighted by Gasteiger charge is 2.28. The highest BCUT2D eigenvalue weighted by atomic mass is 35.5. The van der Waals surface area contributed by atoms with Crippen LogP contribution in [-0.2, 0) is 6.42 Å². The van der Waals surface area contributed by atoms with E-state index in [0.29, 0.717) is 6.04 Å². The van der Waals surface area contributed by atoms with E-state index < -0.39 is 0 Å². The van der Waals surface area contributed by atoms with Crippen molar-refractivity contribution in [1.29, 1.82) is 0 Å². The van der Waals surface area contributed by atoms with Crippen molar-refractivity contribution in [3.05, 3.63) is 28.8 Å². The van der Waals surface area contributed by atoms with Crippen LogP contribution in [0.4, 0.5) is 0 Å². The monoisotopic (exact) mass is 281 g/mol. The first-order chi connectivity index (χ1) is 9.13. The van der Waals surface area contributed by atoms with E-state index in [-0.39, 0.29) is 0 Å². The SMILES string of the molecule is CNC(Cc1cc(Cl)ccc1OC)C1CCC(C)C1. The molecule has 1 aromatic carbocycles. The van der Waals surface area contributed by atoms with Gasteiger partial charge >= 0.3 is 0 Å². The summed E-state index contributed by atoms with van der Waals surface area (Å²) in [4.78, 5) is 0. The molecule has 1 aliphatic carbocycles. The third kappa shape index (κ3) is 3.64. The van der Waals surface area contributed by atoms with Gasteiger partial charge in [-0.05, 0) is 61.9 Å². The summed E-state index contributed by atoms with van der Waals surface area (Å²) in [6.07, 6.45) is 5.00. The molecule has 0 bridgehead atoms. The molecule has 0 radical (unpaired) electrons. The van der Waals surface area contributed by atoms with E-state index in [4.69, 9.17) is 16.3 Å². The molecule has 0 aliphatic heterocycles. The number of methoxy groups -OCH3 is 1. The molecular formula is C16H24ClNO. The summed E-state index contributed by atoms with van der Waals surface area (Å²) in [5.41, 5.74) is 1.20. The van der Waals surface area contributed by atoms with Crippen LogP contribution in [0.15, 0.2) is 18.2 Å². The summed E-state index contributed by atoms with van der Waals surface area (Å²) >= 11 is 6.11. The van der Waals surface area contributed by atoms with Crippen molar-refractivity contribution in [2.45, 2.75) is 38.6 Å². The van der Waals surface area contributed by atoms with Crippen molar-refractivity contribution in [1.82, 2.24) is 5.32 Å². The van der Waals surface area contributed by atoms with Crippen molar-refractivity contribution < 1.29 is 4.74 Å². The highest BCUT2D eigenvalue weighted by molar-refractivity contribution is 6.30. The molecule has 3 unspecified atom stereocenters. The summed E-state index contributed by atoms with van der Waals surface area (Å²) < 4.78 is 5.44. The van der Waals surface area contributed by atoms with E-state index >= 15 is 0 Å². The largest absolute Gasteiger partial charge is 0.496 e. The van der Waals surface area contributed by atoms with Crippen LogP contribution in [0, 0.1) is 11.8 Å². The van der Waals surface area contributed by atoms with E-state index in [9.17, 15) is 0 Å². The van der Waals surface area contributed by atoms with E-state index in [0.717, 1.165) is 29.0 Å². The standard InChI is InChI=1S/C16H24ClNO/c1-11-4-5-12(8-11)15(18-2)10-13-9-14(17)6-7-16(13)19-3/h6-7,9,11-12,15,18H,4-5,8,10H2,1-3H3. The Morgan fingerprint density at radius 3 is 2.79 bits per heavy atom. The minimum absolute atomic E-state index is 0.511. The van der Waals surface area contributed by atoms with Gasteiger partial charge in [0.05, 0.1) is 7.11 Å². The fourth-order valence-corrected chi connectivity index (χ4v) is 3.46. The first-order valence-corrected chi connectivity index (χ1v) is 7.51. The lowest BCUT2D eigenvalue weighted by Gasteiger charge is -2.24. The number of benzene rings is 1. The number of nitrogens with one attached hydrogen (secondary N) is 1. The second kappa shape index (κ2) is 6.62. The Balaban J connectivity index is 2.11. The molecular weight excluding hydrogens is 258 g/mol. The van der Waals surface area contributed by atoms with Gasteiger partial charge in [-0.1, -0.05) is 24.9 Å². The summed E-state index contributed by atoms with van der Waals surface area (Å²) in [7, 11) is 3.78. The Morgan fingerprint density at radius 1 is 1.42 bits per heavy atom. The molecule has 0 saturated heterocycles. The molecule has 0 heterocycles. The first kappa shape index (κ1) is 14.7. The quantitative estimate of drug-likeness (QED) is 0.883. The van der Waals surface area contributed by atoms with Crippen LogP contribution in [0.2, 0.25) is 5.02 Å². The number of hydrogen-bond acceptors (Lipinski definition) is 2. The fraction of sp³-hybridized carbons (Fsp3) is 0.625. The van der Waals surface area contributed by atoms with Crippen molar-refractivity contribution in [3.8, 4) is 5.75 Å². The van der Waals surface area contributed by atoms with Crippen molar-refractivity contribution in [3.63, 3.8) is 0 Å². The molecule has 3 heteroatoms. The second-order valence-electron chi connectivity index (χ2n) is 5.73. The maximum atomic E-state index is 6.11. The van der Waals surface area contributed by atoms with Gasteiger partial charge in [0.1, 0.15) is 5.75 Å².